The van der Waals surface area contributed by atoms with Gasteiger partial charge in [-0.15, -0.1) is 11.8 Å². The molecule has 2 rings (SSSR count). The molecule has 0 bridgehead atoms. The second kappa shape index (κ2) is 6.60. The highest BCUT2D eigenvalue weighted by Crippen LogP contribution is 2.19. The van der Waals surface area contributed by atoms with Crippen LogP contribution in [0.5, 0.6) is 0 Å². The molecule has 1 aromatic rings. The van der Waals surface area contributed by atoms with Crippen LogP contribution in [0.2, 0.25) is 0 Å². The lowest BCUT2D eigenvalue weighted by atomic mass is 10.2. The summed E-state index contributed by atoms with van der Waals surface area (Å²) in [5, 5.41) is 0. The predicted molar refractivity (Wildman–Crippen MR) is 78.4 cm³/mol. The van der Waals surface area contributed by atoms with E-state index in [0.717, 1.165) is 25.4 Å². The molecule has 0 saturated carbocycles. The van der Waals surface area contributed by atoms with Crippen LogP contribution in [-0.4, -0.2) is 42.5 Å². The Morgan fingerprint density at radius 1 is 1.17 bits per heavy atom. The topological polar surface area (TPSA) is 12.5 Å². The number of benzene rings is 1. The zero-order valence-corrected chi connectivity index (χ0v) is 12.4. The first-order chi connectivity index (χ1) is 8.63. The lowest BCUT2D eigenvalue weighted by Crippen LogP contribution is -2.46. The molecule has 0 spiro atoms. The van der Waals surface area contributed by atoms with E-state index < -0.39 is 0 Å². The smallest absolute Gasteiger partial charge is 0.0678 e. The number of ether oxygens (including phenoxy) is 1. The third-order valence-corrected chi connectivity index (χ3v) is 4.18. The summed E-state index contributed by atoms with van der Waals surface area (Å²) < 4.78 is 5.75. The Morgan fingerprint density at radius 2 is 1.78 bits per heavy atom. The molecule has 0 radical (unpaired) electrons. The molecule has 1 heterocycles. The maximum atomic E-state index is 5.75. The van der Waals surface area contributed by atoms with Crippen molar-refractivity contribution < 1.29 is 4.74 Å². The molecule has 2 nitrogen and oxygen atoms in total. The molecule has 0 aliphatic carbocycles. The molecule has 3 heteroatoms. The van der Waals surface area contributed by atoms with E-state index in [1.807, 2.05) is 11.8 Å². The summed E-state index contributed by atoms with van der Waals surface area (Å²) in [6.07, 6.45) is 0.747. The van der Waals surface area contributed by atoms with Gasteiger partial charge >= 0.3 is 0 Å². The summed E-state index contributed by atoms with van der Waals surface area (Å²) in [5.41, 5.74) is 1.33. The first-order valence-electron chi connectivity index (χ1n) is 6.71. The lowest BCUT2D eigenvalue weighted by Gasteiger charge is -2.35. The van der Waals surface area contributed by atoms with Gasteiger partial charge in [0.05, 0.1) is 12.2 Å². The molecule has 0 N–H and O–H groups in total. The fourth-order valence-electron chi connectivity index (χ4n) is 2.39. The molecule has 1 aliphatic rings. The van der Waals surface area contributed by atoms with Gasteiger partial charge in [-0.1, -0.05) is 17.7 Å². The third-order valence-electron chi connectivity index (χ3n) is 3.19. The van der Waals surface area contributed by atoms with Gasteiger partial charge in [-0.25, -0.2) is 0 Å². The maximum Gasteiger partial charge on any atom is 0.0678 e. The van der Waals surface area contributed by atoms with Gasteiger partial charge in [0.2, 0.25) is 0 Å². The van der Waals surface area contributed by atoms with Crippen molar-refractivity contribution in [2.75, 3.05) is 25.4 Å². The van der Waals surface area contributed by atoms with Crippen molar-refractivity contribution in [1.29, 1.82) is 0 Å². The standard InChI is InChI=1S/C15H23NOS/c1-12-4-6-15(7-5-12)18-9-8-16-10-13(2)17-14(3)11-16/h4-7,13-14H,8-11H2,1-3H3/t13-,14-/m1/s1. The Labute approximate surface area is 115 Å². The fourth-order valence-corrected chi connectivity index (χ4v) is 3.31. The molecule has 1 fully saturated rings. The molecule has 0 unspecified atom stereocenters. The SMILES string of the molecule is Cc1ccc(SCCN2C[C@@H](C)O[C@H](C)C2)cc1. The first-order valence-corrected chi connectivity index (χ1v) is 7.69. The monoisotopic (exact) mass is 265 g/mol. The highest BCUT2D eigenvalue weighted by Gasteiger charge is 2.21. The van der Waals surface area contributed by atoms with E-state index in [1.165, 1.54) is 10.5 Å². The number of rotatable bonds is 4. The van der Waals surface area contributed by atoms with Crippen LogP contribution in [-0.2, 0) is 4.74 Å². The minimum Gasteiger partial charge on any atom is -0.373 e. The quantitative estimate of drug-likeness (QED) is 0.776. The van der Waals surface area contributed by atoms with Crippen LogP contribution in [0.1, 0.15) is 19.4 Å². The van der Waals surface area contributed by atoms with Crippen molar-refractivity contribution >= 4 is 11.8 Å². The van der Waals surface area contributed by atoms with E-state index in [9.17, 15) is 0 Å². The highest BCUT2D eigenvalue weighted by atomic mass is 32.2. The number of nitrogens with zero attached hydrogens (tertiary/aromatic N) is 1. The van der Waals surface area contributed by atoms with Crippen molar-refractivity contribution in [1.82, 2.24) is 4.90 Å². The maximum absolute atomic E-state index is 5.75. The zero-order chi connectivity index (χ0) is 13.0. The Morgan fingerprint density at radius 3 is 2.39 bits per heavy atom. The molecule has 0 amide bonds. The van der Waals surface area contributed by atoms with Crippen molar-refractivity contribution in [2.24, 2.45) is 0 Å². The molecule has 1 saturated heterocycles. The van der Waals surface area contributed by atoms with Gasteiger partial charge < -0.3 is 4.74 Å². The zero-order valence-electron chi connectivity index (χ0n) is 11.6. The molecule has 0 aromatic heterocycles. The van der Waals surface area contributed by atoms with E-state index in [0.29, 0.717) is 12.2 Å². The largest absolute Gasteiger partial charge is 0.373 e. The van der Waals surface area contributed by atoms with E-state index in [1.54, 1.807) is 0 Å². The summed E-state index contributed by atoms with van der Waals surface area (Å²) in [5.74, 6) is 1.16. The second-order valence-corrected chi connectivity index (χ2v) is 6.35. The minimum absolute atomic E-state index is 0.373. The van der Waals surface area contributed by atoms with Gasteiger partial charge in [0.25, 0.3) is 0 Å². The van der Waals surface area contributed by atoms with Crippen LogP contribution in [0.15, 0.2) is 29.2 Å². The van der Waals surface area contributed by atoms with Crippen LogP contribution in [0, 0.1) is 6.92 Å². The molecular formula is C15H23NOS. The number of aryl methyl sites for hydroxylation is 1. The van der Waals surface area contributed by atoms with Gasteiger partial charge in [-0.2, -0.15) is 0 Å². The van der Waals surface area contributed by atoms with Gasteiger partial charge in [0.15, 0.2) is 0 Å². The number of hydrogen-bond acceptors (Lipinski definition) is 3. The summed E-state index contributed by atoms with van der Waals surface area (Å²) >= 11 is 1.94. The van der Waals surface area contributed by atoms with Gasteiger partial charge in [-0.3, -0.25) is 4.90 Å². The van der Waals surface area contributed by atoms with Gasteiger partial charge in [0, 0.05) is 30.3 Å². The molecule has 1 aromatic carbocycles. The Kier molecular flexibility index (Phi) is 5.10. The Balaban J connectivity index is 1.73. The van der Waals surface area contributed by atoms with E-state index in [-0.39, 0.29) is 0 Å². The van der Waals surface area contributed by atoms with Gasteiger partial charge in [0.1, 0.15) is 0 Å². The number of hydrogen-bond donors (Lipinski definition) is 0. The average molecular weight is 265 g/mol. The number of thioether (sulfide) groups is 1. The Bertz CT molecular complexity index is 355. The summed E-state index contributed by atoms with van der Waals surface area (Å²) in [4.78, 5) is 3.88. The van der Waals surface area contributed by atoms with E-state index in [4.69, 9.17) is 4.74 Å². The van der Waals surface area contributed by atoms with Crippen molar-refractivity contribution in [2.45, 2.75) is 37.9 Å². The summed E-state index contributed by atoms with van der Waals surface area (Å²) in [7, 11) is 0. The van der Waals surface area contributed by atoms with Crippen LogP contribution in [0.25, 0.3) is 0 Å². The van der Waals surface area contributed by atoms with Gasteiger partial charge in [-0.05, 0) is 32.9 Å². The van der Waals surface area contributed by atoms with E-state index >= 15 is 0 Å². The third kappa shape index (κ3) is 4.30. The van der Waals surface area contributed by atoms with Crippen molar-refractivity contribution in [3.63, 3.8) is 0 Å². The average Bonchev–Trinajstić information content (AvgIpc) is 2.30. The molecular weight excluding hydrogens is 242 g/mol. The van der Waals surface area contributed by atoms with Crippen LogP contribution < -0.4 is 0 Å². The highest BCUT2D eigenvalue weighted by molar-refractivity contribution is 7.99. The summed E-state index contributed by atoms with van der Waals surface area (Å²) in [6, 6.07) is 8.79. The predicted octanol–water partition coefficient (Wildman–Crippen LogP) is 3.20. The van der Waals surface area contributed by atoms with E-state index in [2.05, 4.69) is 49.9 Å². The van der Waals surface area contributed by atoms with Crippen LogP contribution in [0.4, 0.5) is 0 Å². The minimum atomic E-state index is 0.373. The molecule has 2 atom stereocenters. The van der Waals surface area contributed by atoms with Crippen LogP contribution >= 0.6 is 11.8 Å². The van der Waals surface area contributed by atoms with Crippen LogP contribution in [0.3, 0.4) is 0 Å². The summed E-state index contributed by atoms with van der Waals surface area (Å²) in [6.45, 7) is 9.74. The lowest BCUT2D eigenvalue weighted by molar-refractivity contribution is -0.0661. The second-order valence-electron chi connectivity index (χ2n) is 5.18. The van der Waals surface area contributed by atoms with Crippen molar-refractivity contribution in [3.05, 3.63) is 29.8 Å². The number of morpholine rings is 1. The van der Waals surface area contributed by atoms with Crippen molar-refractivity contribution in [3.8, 4) is 0 Å². The molecule has 18 heavy (non-hydrogen) atoms. The normalized spacial score (nSPS) is 25.3. The Hall–Kier alpha value is -0.510. The first kappa shape index (κ1) is 13.9. The molecule has 1 aliphatic heterocycles. The molecule has 100 valence electrons. The fraction of sp³-hybridized carbons (Fsp3) is 0.600.